The topological polar surface area (TPSA) is 43.9 Å². The van der Waals surface area contributed by atoms with Gasteiger partial charge < -0.3 is 9.80 Å². The molecular formula is C21H39N3O2. The zero-order chi connectivity index (χ0) is 18.8. The maximum Gasteiger partial charge on any atom is 0.236 e. The van der Waals surface area contributed by atoms with Gasteiger partial charge in [0.05, 0.1) is 6.54 Å². The van der Waals surface area contributed by atoms with Crippen molar-refractivity contribution >= 4 is 11.8 Å². The molecule has 0 radical (unpaired) electrons. The van der Waals surface area contributed by atoms with Crippen LogP contribution in [0, 0.1) is 5.92 Å². The molecule has 5 heteroatoms. The van der Waals surface area contributed by atoms with E-state index in [1.54, 1.807) is 0 Å². The van der Waals surface area contributed by atoms with Gasteiger partial charge in [-0.15, -0.1) is 0 Å². The highest BCUT2D eigenvalue weighted by atomic mass is 16.2. The zero-order valence-electron chi connectivity index (χ0n) is 17.0. The van der Waals surface area contributed by atoms with Crippen LogP contribution in [0.3, 0.4) is 0 Å². The van der Waals surface area contributed by atoms with Gasteiger partial charge >= 0.3 is 0 Å². The first-order valence-electron chi connectivity index (χ1n) is 10.9. The monoisotopic (exact) mass is 365 g/mol. The lowest BCUT2D eigenvalue weighted by molar-refractivity contribution is -0.132. The van der Waals surface area contributed by atoms with Gasteiger partial charge in [-0.2, -0.15) is 0 Å². The van der Waals surface area contributed by atoms with Crippen LogP contribution in [0.4, 0.5) is 0 Å². The number of hydrogen-bond donors (Lipinski definition) is 0. The lowest BCUT2D eigenvalue weighted by atomic mass is 9.86. The van der Waals surface area contributed by atoms with Gasteiger partial charge in [-0.05, 0) is 39.0 Å². The first kappa shape index (κ1) is 21.2. The highest BCUT2D eigenvalue weighted by Gasteiger charge is 2.22. The van der Waals surface area contributed by atoms with Crippen molar-refractivity contribution in [3.8, 4) is 0 Å². The standard InChI is InChI=1S/C21H39N3O2/c1-3-23(4-2)21(26)18-22-14-9-15-24(17-16-22)20(25)13-8-12-19-10-6-5-7-11-19/h19H,3-18H2,1-2H3. The Labute approximate surface area is 160 Å². The van der Waals surface area contributed by atoms with E-state index in [-0.39, 0.29) is 5.91 Å². The van der Waals surface area contributed by atoms with E-state index in [2.05, 4.69) is 4.90 Å². The van der Waals surface area contributed by atoms with Crippen LogP contribution >= 0.6 is 0 Å². The Morgan fingerprint density at radius 2 is 1.65 bits per heavy atom. The van der Waals surface area contributed by atoms with E-state index in [1.165, 1.54) is 38.5 Å². The van der Waals surface area contributed by atoms with Crippen molar-refractivity contribution in [3.63, 3.8) is 0 Å². The molecule has 150 valence electrons. The minimum atomic E-state index is 0.210. The van der Waals surface area contributed by atoms with Crippen molar-refractivity contribution in [2.75, 3.05) is 45.8 Å². The fraction of sp³-hybridized carbons (Fsp3) is 0.905. The highest BCUT2D eigenvalue weighted by Crippen LogP contribution is 2.27. The number of amides is 2. The normalized spacial score (nSPS) is 20.0. The van der Waals surface area contributed by atoms with Crippen molar-refractivity contribution in [2.24, 2.45) is 5.92 Å². The van der Waals surface area contributed by atoms with Crippen LogP contribution in [0.25, 0.3) is 0 Å². The number of hydrogen-bond acceptors (Lipinski definition) is 3. The molecule has 0 aromatic heterocycles. The van der Waals surface area contributed by atoms with Gasteiger partial charge in [-0.25, -0.2) is 0 Å². The third kappa shape index (κ3) is 6.90. The average Bonchev–Trinajstić information content (AvgIpc) is 2.89. The lowest BCUT2D eigenvalue weighted by Crippen LogP contribution is -2.42. The van der Waals surface area contributed by atoms with Crippen LogP contribution in [0.1, 0.15) is 71.6 Å². The number of nitrogens with zero attached hydrogens (tertiary/aromatic N) is 3. The number of likely N-dealkylation sites (N-methyl/N-ethyl adjacent to an activating group) is 1. The third-order valence-corrected chi connectivity index (χ3v) is 6.14. The van der Waals surface area contributed by atoms with E-state index in [0.29, 0.717) is 18.9 Å². The van der Waals surface area contributed by atoms with Crippen LogP contribution in [-0.4, -0.2) is 72.3 Å². The first-order chi connectivity index (χ1) is 12.6. The van der Waals surface area contributed by atoms with E-state index >= 15 is 0 Å². The fourth-order valence-electron chi connectivity index (χ4n) is 4.42. The van der Waals surface area contributed by atoms with Gasteiger partial charge in [0.25, 0.3) is 0 Å². The van der Waals surface area contributed by atoms with Crippen molar-refractivity contribution in [1.29, 1.82) is 0 Å². The Morgan fingerprint density at radius 1 is 0.923 bits per heavy atom. The summed E-state index contributed by atoms with van der Waals surface area (Å²) in [6.07, 6.45) is 10.8. The number of carbonyl (C=O) groups is 2. The Hall–Kier alpha value is -1.10. The minimum Gasteiger partial charge on any atom is -0.342 e. The molecule has 2 aliphatic rings. The van der Waals surface area contributed by atoms with Crippen LogP contribution in [0.5, 0.6) is 0 Å². The van der Waals surface area contributed by atoms with Crippen molar-refractivity contribution < 1.29 is 9.59 Å². The summed E-state index contributed by atoms with van der Waals surface area (Å²) in [5.41, 5.74) is 0. The first-order valence-corrected chi connectivity index (χ1v) is 10.9. The largest absolute Gasteiger partial charge is 0.342 e. The molecule has 1 heterocycles. The molecule has 0 spiro atoms. The fourth-order valence-corrected chi connectivity index (χ4v) is 4.42. The maximum atomic E-state index is 12.6. The summed E-state index contributed by atoms with van der Waals surface area (Å²) in [6.45, 7) is 9.44. The summed E-state index contributed by atoms with van der Waals surface area (Å²) >= 11 is 0. The zero-order valence-corrected chi connectivity index (χ0v) is 17.0. The van der Waals surface area contributed by atoms with Gasteiger partial charge in [0.2, 0.25) is 11.8 Å². The quantitative estimate of drug-likeness (QED) is 0.664. The molecule has 2 rings (SSSR count). The summed E-state index contributed by atoms with van der Waals surface area (Å²) < 4.78 is 0. The van der Waals surface area contributed by atoms with Gasteiger partial charge in [0.1, 0.15) is 0 Å². The predicted octanol–water partition coefficient (Wildman–Crippen LogP) is 3.14. The van der Waals surface area contributed by atoms with E-state index < -0.39 is 0 Å². The molecule has 2 amide bonds. The van der Waals surface area contributed by atoms with Gasteiger partial charge in [0, 0.05) is 45.7 Å². The van der Waals surface area contributed by atoms with Gasteiger partial charge in [0.15, 0.2) is 0 Å². The second-order valence-electron chi connectivity index (χ2n) is 7.97. The summed E-state index contributed by atoms with van der Waals surface area (Å²) in [6, 6.07) is 0. The second-order valence-corrected chi connectivity index (χ2v) is 7.97. The molecule has 1 aliphatic heterocycles. The van der Waals surface area contributed by atoms with Crippen molar-refractivity contribution in [2.45, 2.75) is 71.6 Å². The Kier molecular flexibility index (Phi) is 9.44. The molecule has 1 saturated carbocycles. The molecule has 0 atom stereocenters. The molecule has 0 N–H and O–H groups in total. The molecule has 1 aliphatic carbocycles. The van der Waals surface area contributed by atoms with E-state index in [4.69, 9.17) is 0 Å². The molecule has 26 heavy (non-hydrogen) atoms. The van der Waals surface area contributed by atoms with Crippen LogP contribution in [-0.2, 0) is 9.59 Å². The molecule has 2 fully saturated rings. The van der Waals surface area contributed by atoms with Crippen LogP contribution in [0.15, 0.2) is 0 Å². The summed E-state index contributed by atoms with van der Waals surface area (Å²) in [4.78, 5) is 31.0. The third-order valence-electron chi connectivity index (χ3n) is 6.14. The minimum absolute atomic E-state index is 0.210. The molecule has 0 aromatic carbocycles. The highest BCUT2D eigenvalue weighted by molar-refractivity contribution is 5.78. The SMILES string of the molecule is CCN(CC)C(=O)CN1CCCN(C(=O)CCCC2CCCCC2)CC1. The molecule has 0 bridgehead atoms. The van der Waals surface area contributed by atoms with Gasteiger partial charge in [-0.1, -0.05) is 32.1 Å². The van der Waals surface area contributed by atoms with Crippen molar-refractivity contribution in [1.82, 2.24) is 14.7 Å². The molecule has 5 nitrogen and oxygen atoms in total. The molecule has 1 saturated heterocycles. The van der Waals surface area contributed by atoms with E-state index in [1.807, 2.05) is 23.6 Å². The predicted molar refractivity (Wildman–Crippen MR) is 106 cm³/mol. The summed E-state index contributed by atoms with van der Waals surface area (Å²) in [5.74, 6) is 1.39. The molecule has 0 unspecified atom stereocenters. The van der Waals surface area contributed by atoms with Gasteiger partial charge in [-0.3, -0.25) is 14.5 Å². The second kappa shape index (κ2) is 11.6. The Balaban J connectivity index is 1.68. The summed E-state index contributed by atoms with van der Waals surface area (Å²) in [7, 11) is 0. The number of rotatable bonds is 8. The van der Waals surface area contributed by atoms with Crippen molar-refractivity contribution in [3.05, 3.63) is 0 Å². The smallest absolute Gasteiger partial charge is 0.236 e. The molecule has 0 aromatic rings. The van der Waals surface area contributed by atoms with Crippen LogP contribution < -0.4 is 0 Å². The van der Waals surface area contributed by atoms with E-state index in [0.717, 1.165) is 58.0 Å². The number of carbonyl (C=O) groups excluding carboxylic acids is 2. The van der Waals surface area contributed by atoms with E-state index in [9.17, 15) is 9.59 Å². The average molecular weight is 366 g/mol. The Morgan fingerprint density at radius 3 is 2.35 bits per heavy atom. The van der Waals surface area contributed by atoms with Crippen LogP contribution in [0.2, 0.25) is 0 Å². The summed E-state index contributed by atoms with van der Waals surface area (Å²) in [5, 5.41) is 0. The lowest BCUT2D eigenvalue weighted by Gasteiger charge is -2.25. The molecular weight excluding hydrogens is 326 g/mol. The maximum absolute atomic E-state index is 12.6. The Bertz CT molecular complexity index is 431.